The van der Waals surface area contributed by atoms with Crippen molar-refractivity contribution in [3.63, 3.8) is 0 Å². The summed E-state index contributed by atoms with van der Waals surface area (Å²) in [5, 5.41) is 2.82. The van der Waals surface area contributed by atoms with Crippen LogP contribution in [0.3, 0.4) is 0 Å². The Balaban J connectivity index is 2.33. The Kier molecular flexibility index (Phi) is 7.15. The van der Waals surface area contributed by atoms with Crippen LogP contribution in [-0.4, -0.2) is 33.1 Å². The molecule has 164 valence electrons. The minimum Gasteiger partial charge on any atom is -0.495 e. The number of methoxy groups -OCH3 is 1. The summed E-state index contributed by atoms with van der Waals surface area (Å²) >= 11 is 0. The molecule has 0 spiro atoms. The predicted molar refractivity (Wildman–Crippen MR) is 118 cm³/mol. The highest BCUT2D eigenvalue weighted by Crippen LogP contribution is 2.27. The first-order chi connectivity index (χ1) is 13.8. The van der Waals surface area contributed by atoms with Gasteiger partial charge in [-0.1, -0.05) is 0 Å². The number of anilines is 1. The maximum atomic E-state index is 12.8. The first-order valence-corrected chi connectivity index (χ1v) is 11.1. The second kappa shape index (κ2) is 9.06. The molecule has 0 unspecified atom stereocenters. The van der Waals surface area contributed by atoms with Crippen LogP contribution >= 0.6 is 0 Å². The summed E-state index contributed by atoms with van der Waals surface area (Å²) in [7, 11) is -2.50. The number of aryl methyl sites for hydroxylation is 1. The Morgan fingerprint density at radius 1 is 1.07 bits per heavy atom. The molecule has 2 rings (SSSR count). The summed E-state index contributed by atoms with van der Waals surface area (Å²) in [6, 6.07) is 9.68. The van der Waals surface area contributed by atoms with E-state index < -0.39 is 21.5 Å². The largest absolute Gasteiger partial charge is 0.495 e. The molecule has 0 aliphatic carbocycles. The molecule has 0 aliphatic rings. The topological polar surface area (TPSA) is 93.7 Å². The van der Waals surface area contributed by atoms with Crippen LogP contribution in [0, 0.1) is 6.92 Å². The molecule has 2 aromatic rings. The molecule has 0 saturated heterocycles. The van der Waals surface area contributed by atoms with Crippen molar-refractivity contribution in [2.24, 2.45) is 0 Å². The fourth-order valence-corrected chi connectivity index (χ4v) is 4.42. The van der Waals surface area contributed by atoms with Gasteiger partial charge in [0.15, 0.2) is 0 Å². The summed E-state index contributed by atoms with van der Waals surface area (Å²) in [6.45, 7) is 11.0. The quantitative estimate of drug-likeness (QED) is 0.684. The van der Waals surface area contributed by atoms with Crippen LogP contribution in [-0.2, 0) is 10.0 Å². The van der Waals surface area contributed by atoms with Crippen molar-refractivity contribution >= 4 is 21.6 Å². The van der Waals surface area contributed by atoms with E-state index in [4.69, 9.17) is 9.47 Å². The number of benzene rings is 2. The van der Waals surface area contributed by atoms with E-state index in [1.807, 2.05) is 26.8 Å². The summed E-state index contributed by atoms with van der Waals surface area (Å²) < 4.78 is 39.0. The van der Waals surface area contributed by atoms with Crippen molar-refractivity contribution in [2.75, 3.05) is 12.4 Å². The molecule has 0 aliphatic heterocycles. The third-order valence-electron chi connectivity index (χ3n) is 3.97. The molecule has 0 radical (unpaired) electrons. The van der Waals surface area contributed by atoms with Gasteiger partial charge in [0.2, 0.25) is 10.0 Å². The number of ether oxygens (including phenoxy) is 2. The molecular formula is C22H30N2O5S. The van der Waals surface area contributed by atoms with Crippen molar-refractivity contribution in [1.29, 1.82) is 0 Å². The van der Waals surface area contributed by atoms with Crippen LogP contribution in [0.1, 0.15) is 50.5 Å². The van der Waals surface area contributed by atoms with E-state index in [9.17, 15) is 13.2 Å². The number of nitrogens with one attached hydrogen (secondary N) is 2. The standard InChI is InChI=1S/C22H30N2O5S/c1-14(2)29-17-9-10-18(15(3)12-17)23-21(25)16-8-11-19(28-7)20(13-16)30(26,27)24-22(4,5)6/h8-14,24H,1-7H3,(H,23,25). The number of rotatable bonds is 7. The normalized spacial score (nSPS) is 12.0. The fraction of sp³-hybridized carbons (Fsp3) is 0.409. The molecule has 8 heteroatoms. The Hall–Kier alpha value is -2.58. The zero-order chi connectivity index (χ0) is 22.7. The van der Waals surface area contributed by atoms with Crippen LogP contribution in [0.25, 0.3) is 0 Å². The lowest BCUT2D eigenvalue weighted by molar-refractivity contribution is 0.102. The van der Waals surface area contributed by atoms with Gasteiger partial charge in [0.1, 0.15) is 16.4 Å². The maximum absolute atomic E-state index is 12.8. The monoisotopic (exact) mass is 434 g/mol. The highest BCUT2D eigenvalue weighted by molar-refractivity contribution is 7.89. The summed E-state index contributed by atoms with van der Waals surface area (Å²) in [5.41, 5.74) is 0.965. The average molecular weight is 435 g/mol. The molecule has 0 saturated carbocycles. The minimum atomic E-state index is -3.89. The van der Waals surface area contributed by atoms with Gasteiger partial charge in [-0.3, -0.25) is 4.79 Å². The molecule has 30 heavy (non-hydrogen) atoms. The zero-order valence-corrected chi connectivity index (χ0v) is 19.3. The molecule has 0 bridgehead atoms. The van der Waals surface area contributed by atoms with Crippen molar-refractivity contribution in [2.45, 2.75) is 58.1 Å². The number of hydrogen-bond donors (Lipinski definition) is 2. The van der Waals surface area contributed by atoms with Gasteiger partial charge >= 0.3 is 0 Å². The molecule has 0 fully saturated rings. The summed E-state index contributed by atoms with van der Waals surface area (Å²) in [5.74, 6) is 0.451. The lowest BCUT2D eigenvalue weighted by Gasteiger charge is -2.21. The molecule has 1 amide bonds. The van der Waals surface area contributed by atoms with Crippen molar-refractivity contribution in [1.82, 2.24) is 4.72 Å². The van der Waals surface area contributed by atoms with Crippen LogP contribution in [0.2, 0.25) is 0 Å². The first kappa shape index (κ1) is 23.7. The van der Waals surface area contributed by atoms with Gasteiger partial charge in [-0.25, -0.2) is 13.1 Å². The van der Waals surface area contributed by atoms with Crippen LogP contribution in [0.4, 0.5) is 5.69 Å². The third kappa shape index (κ3) is 6.21. The third-order valence-corrected chi connectivity index (χ3v) is 5.75. The van der Waals surface area contributed by atoms with Crippen molar-refractivity contribution < 1.29 is 22.7 Å². The van der Waals surface area contributed by atoms with Gasteiger partial charge in [-0.05, 0) is 83.5 Å². The Morgan fingerprint density at radius 3 is 2.27 bits per heavy atom. The van der Waals surface area contributed by atoms with E-state index in [0.29, 0.717) is 11.4 Å². The minimum absolute atomic E-state index is 0.0474. The lowest BCUT2D eigenvalue weighted by Crippen LogP contribution is -2.40. The van der Waals surface area contributed by atoms with Gasteiger partial charge in [0, 0.05) is 16.8 Å². The van der Waals surface area contributed by atoms with E-state index in [1.54, 1.807) is 32.9 Å². The second-order valence-electron chi connectivity index (χ2n) is 8.32. The maximum Gasteiger partial charge on any atom is 0.255 e. The Morgan fingerprint density at radius 2 is 1.73 bits per heavy atom. The number of hydrogen-bond acceptors (Lipinski definition) is 5. The van der Waals surface area contributed by atoms with Gasteiger partial charge < -0.3 is 14.8 Å². The number of sulfonamides is 1. The highest BCUT2D eigenvalue weighted by Gasteiger charge is 2.26. The summed E-state index contributed by atoms with van der Waals surface area (Å²) in [4.78, 5) is 12.7. The van der Waals surface area contributed by atoms with Crippen LogP contribution in [0.5, 0.6) is 11.5 Å². The van der Waals surface area contributed by atoms with Crippen LogP contribution in [0.15, 0.2) is 41.3 Å². The highest BCUT2D eigenvalue weighted by atomic mass is 32.2. The first-order valence-electron chi connectivity index (χ1n) is 9.63. The van der Waals surface area contributed by atoms with E-state index in [1.165, 1.54) is 25.3 Å². The van der Waals surface area contributed by atoms with Crippen molar-refractivity contribution in [3.05, 3.63) is 47.5 Å². The smallest absolute Gasteiger partial charge is 0.255 e. The second-order valence-corrected chi connectivity index (χ2v) is 9.97. The van der Waals surface area contributed by atoms with Crippen molar-refractivity contribution in [3.8, 4) is 11.5 Å². The molecule has 0 aromatic heterocycles. The van der Waals surface area contributed by atoms with Gasteiger partial charge in [-0.15, -0.1) is 0 Å². The Bertz CT molecular complexity index is 1020. The molecule has 7 nitrogen and oxygen atoms in total. The zero-order valence-electron chi connectivity index (χ0n) is 18.5. The molecule has 0 heterocycles. The number of carbonyl (C=O) groups is 1. The predicted octanol–water partition coefficient (Wildman–Crippen LogP) is 4.12. The fourth-order valence-electron chi connectivity index (χ4n) is 2.80. The van der Waals surface area contributed by atoms with E-state index >= 15 is 0 Å². The average Bonchev–Trinajstić information content (AvgIpc) is 2.61. The Labute approximate surface area is 178 Å². The molecule has 2 N–H and O–H groups in total. The van der Waals surface area contributed by atoms with Gasteiger partial charge in [-0.2, -0.15) is 0 Å². The summed E-state index contributed by atoms with van der Waals surface area (Å²) in [6.07, 6.45) is 0.0474. The van der Waals surface area contributed by atoms with E-state index in [-0.39, 0.29) is 22.3 Å². The lowest BCUT2D eigenvalue weighted by atomic mass is 10.1. The SMILES string of the molecule is COc1ccc(C(=O)Nc2ccc(OC(C)C)cc2C)cc1S(=O)(=O)NC(C)(C)C. The number of carbonyl (C=O) groups excluding carboxylic acids is 1. The molecular weight excluding hydrogens is 404 g/mol. The molecule has 2 aromatic carbocycles. The molecule has 0 atom stereocenters. The van der Waals surface area contributed by atoms with Gasteiger partial charge in [0.05, 0.1) is 13.2 Å². The van der Waals surface area contributed by atoms with E-state index in [2.05, 4.69) is 10.0 Å². The number of amides is 1. The van der Waals surface area contributed by atoms with Crippen LogP contribution < -0.4 is 19.5 Å². The van der Waals surface area contributed by atoms with Gasteiger partial charge in [0.25, 0.3) is 5.91 Å². The van der Waals surface area contributed by atoms with E-state index in [0.717, 1.165) is 5.56 Å².